The van der Waals surface area contributed by atoms with Crippen LogP contribution in [0.15, 0.2) is 58.9 Å². The summed E-state index contributed by atoms with van der Waals surface area (Å²) in [6.07, 6.45) is 3.65. The first kappa shape index (κ1) is 26.5. The Hall–Kier alpha value is -3.59. The molecule has 3 N–H and O–H groups in total. The largest absolute Gasteiger partial charge is 0.495 e. The van der Waals surface area contributed by atoms with Crippen LogP contribution in [0.2, 0.25) is 5.02 Å². The van der Waals surface area contributed by atoms with E-state index < -0.39 is 17.5 Å². The van der Waals surface area contributed by atoms with Crippen LogP contribution in [0, 0.1) is 0 Å². The van der Waals surface area contributed by atoms with Gasteiger partial charge in [-0.2, -0.15) is 0 Å². The zero-order valence-corrected chi connectivity index (χ0v) is 21.9. The molecule has 2 aromatic carbocycles. The average molecular weight is 528 g/mol. The zero-order chi connectivity index (χ0) is 26.7. The molecule has 0 unspecified atom stereocenters. The Morgan fingerprint density at radius 3 is 2.43 bits per heavy atom. The molecular weight excluding hydrogens is 497 g/mol. The van der Waals surface area contributed by atoms with Crippen LogP contribution in [0.25, 0.3) is 0 Å². The van der Waals surface area contributed by atoms with Crippen LogP contribution < -0.4 is 25.6 Å². The summed E-state index contributed by atoms with van der Waals surface area (Å²) in [6, 6.07) is 12.7. The van der Waals surface area contributed by atoms with Gasteiger partial charge in [0.25, 0.3) is 11.8 Å². The Kier molecular flexibility index (Phi) is 7.73. The number of nitrogens with two attached hydrogens (primary N) is 1. The summed E-state index contributed by atoms with van der Waals surface area (Å²) < 4.78 is 18.6. The number of piperidine rings is 1. The van der Waals surface area contributed by atoms with Gasteiger partial charge in [0.05, 0.1) is 12.1 Å². The minimum absolute atomic E-state index is 0.00363. The summed E-state index contributed by atoms with van der Waals surface area (Å²) in [4.78, 5) is 29.6. The first-order valence-corrected chi connectivity index (χ1v) is 12.6. The number of carbonyl (C=O) groups excluding carboxylic acids is 2. The summed E-state index contributed by atoms with van der Waals surface area (Å²) in [5, 5.41) is 5.90. The van der Waals surface area contributed by atoms with E-state index in [9.17, 15) is 14.1 Å². The molecule has 0 aliphatic carbocycles. The van der Waals surface area contributed by atoms with Crippen LogP contribution in [-0.2, 0) is 9.59 Å². The molecule has 196 valence electrons. The predicted molar refractivity (Wildman–Crippen MR) is 145 cm³/mol. The fraction of sp³-hybridized carbons (Fsp3) is 0.370. The first-order valence-electron chi connectivity index (χ1n) is 12.2. The Labute approximate surface area is 220 Å². The van der Waals surface area contributed by atoms with E-state index in [4.69, 9.17) is 22.1 Å². The highest BCUT2D eigenvalue weighted by Gasteiger charge is 2.33. The topological polar surface area (TPSA) is 100 Å². The third kappa shape index (κ3) is 5.41. The third-order valence-corrected chi connectivity index (χ3v) is 7.29. The minimum atomic E-state index is -1.06. The SMILES string of the molecule is COc1ccc(NC2=C(/C(=N/F)C(N)=O)CCN(c3ccc(N4CCCCC4(C)C)cc3)C2=O)cc1Cl. The molecule has 2 amide bonds. The molecule has 0 atom stereocenters. The third-order valence-electron chi connectivity index (χ3n) is 7.00. The maximum Gasteiger partial charge on any atom is 0.275 e. The van der Waals surface area contributed by atoms with E-state index in [1.165, 1.54) is 13.5 Å². The molecule has 10 heteroatoms. The quantitative estimate of drug-likeness (QED) is 0.492. The molecule has 37 heavy (non-hydrogen) atoms. The van der Waals surface area contributed by atoms with Crippen molar-refractivity contribution in [2.24, 2.45) is 10.9 Å². The Balaban J connectivity index is 1.66. The smallest absolute Gasteiger partial charge is 0.275 e. The molecule has 0 bridgehead atoms. The number of nitrogens with zero attached hydrogens (tertiary/aromatic N) is 3. The molecule has 0 aromatic heterocycles. The molecule has 8 nitrogen and oxygen atoms in total. The van der Waals surface area contributed by atoms with Gasteiger partial charge in [-0.05, 0) is 82.0 Å². The van der Waals surface area contributed by atoms with E-state index >= 15 is 0 Å². The highest BCUT2D eigenvalue weighted by atomic mass is 35.5. The van der Waals surface area contributed by atoms with E-state index in [1.54, 1.807) is 23.1 Å². The van der Waals surface area contributed by atoms with E-state index in [0.717, 1.165) is 25.1 Å². The average Bonchev–Trinajstić information content (AvgIpc) is 2.86. The summed E-state index contributed by atoms with van der Waals surface area (Å²) in [5.41, 5.74) is 7.19. The van der Waals surface area contributed by atoms with Crippen LogP contribution >= 0.6 is 11.6 Å². The van der Waals surface area contributed by atoms with Gasteiger partial charge >= 0.3 is 0 Å². The maximum absolute atomic E-state index is 13.7. The van der Waals surface area contributed by atoms with Crippen LogP contribution in [0.3, 0.4) is 0 Å². The van der Waals surface area contributed by atoms with Crippen molar-refractivity contribution in [2.45, 2.75) is 45.1 Å². The second kappa shape index (κ2) is 10.8. The van der Waals surface area contributed by atoms with Crippen molar-refractivity contribution in [3.05, 3.63) is 58.8 Å². The number of nitrogens with one attached hydrogen (secondary N) is 1. The van der Waals surface area contributed by atoms with Crippen molar-refractivity contribution >= 4 is 46.2 Å². The van der Waals surface area contributed by atoms with E-state index in [2.05, 4.69) is 29.3 Å². The molecule has 0 radical (unpaired) electrons. The summed E-state index contributed by atoms with van der Waals surface area (Å²) in [7, 11) is 1.49. The van der Waals surface area contributed by atoms with Gasteiger partial charge in [-0.1, -0.05) is 21.3 Å². The molecule has 1 fully saturated rings. The van der Waals surface area contributed by atoms with Gasteiger partial charge in [0.1, 0.15) is 11.4 Å². The highest BCUT2D eigenvalue weighted by Crippen LogP contribution is 2.35. The standard InChI is InChI=1S/C27H31ClFN5O3/c1-27(2)13-4-5-14-34(27)19-9-7-18(8-10-19)33-15-12-20(23(32-29)25(30)35)24(26(33)36)31-17-6-11-22(37-3)21(28)16-17/h6-11,16,31H,4-5,12-15H2,1-3H3,(H2,30,35)/b32-23-. The summed E-state index contributed by atoms with van der Waals surface area (Å²) >= 11 is 6.25. The number of anilines is 3. The number of amides is 2. The number of rotatable bonds is 7. The number of carbonyl (C=O) groups is 2. The number of halogens is 2. The predicted octanol–water partition coefficient (Wildman–Crippen LogP) is 5.03. The normalized spacial score (nSPS) is 18.2. The lowest BCUT2D eigenvalue weighted by atomic mass is 9.90. The Morgan fingerprint density at radius 2 is 1.84 bits per heavy atom. The van der Waals surface area contributed by atoms with E-state index in [-0.39, 0.29) is 29.8 Å². The molecule has 2 aliphatic heterocycles. The van der Waals surface area contributed by atoms with Gasteiger partial charge in [-0.3, -0.25) is 9.59 Å². The fourth-order valence-corrected chi connectivity index (χ4v) is 5.27. The van der Waals surface area contributed by atoms with Crippen molar-refractivity contribution < 1.29 is 18.8 Å². The van der Waals surface area contributed by atoms with E-state index in [1.807, 2.05) is 24.3 Å². The molecular formula is C27H31ClFN5O3. The second-order valence-electron chi connectivity index (χ2n) is 9.77. The second-order valence-corrected chi connectivity index (χ2v) is 10.2. The minimum Gasteiger partial charge on any atom is -0.495 e. The lowest BCUT2D eigenvalue weighted by Gasteiger charge is -2.44. The number of hydrogen-bond donors (Lipinski definition) is 2. The number of ether oxygens (including phenoxy) is 1. The number of hydrogen-bond acceptors (Lipinski definition) is 6. The van der Waals surface area contributed by atoms with Crippen LogP contribution in [0.1, 0.15) is 39.5 Å². The van der Waals surface area contributed by atoms with Crippen LogP contribution in [0.4, 0.5) is 21.5 Å². The van der Waals surface area contributed by atoms with Crippen molar-refractivity contribution in [3.8, 4) is 5.75 Å². The lowest BCUT2D eigenvalue weighted by Crippen LogP contribution is -2.47. The first-order chi connectivity index (χ1) is 17.7. The lowest BCUT2D eigenvalue weighted by molar-refractivity contribution is -0.115. The number of primary amides is 1. The highest BCUT2D eigenvalue weighted by molar-refractivity contribution is 6.46. The van der Waals surface area contributed by atoms with Crippen LogP contribution in [0.5, 0.6) is 5.75 Å². The van der Waals surface area contributed by atoms with Crippen molar-refractivity contribution in [3.63, 3.8) is 0 Å². The fourth-order valence-electron chi connectivity index (χ4n) is 5.01. The van der Waals surface area contributed by atoms with E-state index in [0.29, 0.717) is 22.1 Å². The van der Waals surface area contributed by atoms with Gasteiger partial charge in [-0.15, -0.1) is 0 Å². The zero-order valence-electron chi connectivity index (χ0n) is 21.2. The molecule has 2 aliphatic rings. The van der Waals surface area contributed by atoms with Gasteiger partial charge in [0, 0.05) is 41.3 Å². The monoisotopic (exact) mass is 527 g/mol. The molecule has 2 heterocycles. The van der Waals surface area contributed by atoms with Crippen molar-refractivity contribution in [1.29, 1.82) is 0 Å². The number of benzene rings is 2. The Bertz CT molecular complexity index is 1260. The van der Waals surface area contributed by atoms with Crippen LogP contribution in [-0.4, -0.2) is 43.3 Å². The summed E-state index contributed by atoms with van der Waals surface area (Å²) in [5.74, 6) is -1.04. The molecule has 0 saturated carbocycles. The molecule has 1 saturated heterocycles. The molecule has 2 aromatic rings. The summed E-state index contributed by atoms with van der Waals surface area (Å²) in [6.45, 7) is 5.70. The van der Waals surface area contributed by atoms with Gasteiger partial charge in [0.15, 0.2) is 5.71 Å². The maximum atomic E-state index is 13.7. The van der Waals surface area contributed by atoms with Gasteiger partial charge < -0.3 is 25.6 Å². The van der Waals surface area contributed by atoms with Crippen molar-refractivity contribution in [1.82, 2.24) is 0 Å². The van der Waals surface area contributed by atoms with Gasteiger partial charge in [-0.25, -0.2) is 0 Å². The van der Waals surface area contributed by atoms with Crippen molar-refractivity contribution in [2.75, 3.05) is 35.3 Å². The molecule has 4 rings (SSSR count). The van der Waals surface area contributed by atoms with Gasteiger partial charge in [0.2, 0.25) is 0 Å². The Morgan fingerprint density at radius 1 is 1.14 bits per heavy atom. The molecule has 0 spiro atoms. The number of methoxy groups -OCH3 is 1.